The molecule has 1 amide bonds. The van der Waals surface area contributed by atoms with Gasteiger partial charge in [0.05, 0.1) is 30.6 Å². The lowest BCUT2D eigenvalue weighted by Gasteiger charge is -2.25. The first-order valence-corrected chi connectivity index (χ1v) is 19.5. The van der Waals surface area contributed by atoms with Gasteiger partial charge in [-0.05, 0) is 58.7 Å². The maximum Gasteiger partial charge on any atom is 0.408 e. The topological polar surface area (TPSA) is 105 Å². The maximum absolute atomic E-state index is 13.0. The van der Waals surface area contributed by atoms with Crippen molar-refractivity contribution in [3.05, 3.63) is 42.0 Å². The monoisotopic (exact) mass is 624 g/mol. The molecule has 1 N–H and O–H groups in total. The summed E-state index contributed by atoms with van der Waals surface area (Å²) in [7, 11) is 0.358. The summed E-state index contributed by atoms with van der Waals surface area (Å²) < 4.78 is 19.8. The van der Waals surface area contributed by atoms with Gasteiger partial charge in [0.2, 0.25) is 0 Å². The molecular weight excluding hydrogens is 572 g/mol. The van der Waals surface area contributed by atoms with Crippen molar-refractivity contribution in [2.75, 3.05) is 13.7 Å². The van der Waals surface area contributed by atoms with Gasteiger partial charge in [0.15, 0.2) is 0 Å². The van der Waals surface area contributed by atoms with Crippen LogP contribution in [0.25, 0.3) is 22.2 Å². The summed E-state index contributed by atoms with van der Waals surface area (Å²) in [6.07, 6.45) is 5.64. The number of nitrogens with one attached hydrogen (secondary N) is 1. The van der Waals surface area contributed by atoms with Crippen molar-refractivity contribution in [1.29, 1.82) is 0 Å². The number of carbonyl (C=O) groups excluding carboxylic acids is 2. The number of ether oxygens (including phenoxy) is 3. The lowest BCUT2D eigenvalue weighted by Crippen LogP contribution is -2.36. The molecule has 0 aliphatic rings. The Morgan fingerprint density at radius 1 is 1.09 bits per heavy atom. The predicted octanol–water partition coefficient (Wildman–Crippen LogP) is 8.22. The molecule has 10 heteroatoms. The number of aryl methyl sites for hydroxylation is 1. The van der Waals surface area contributed by atoms with Crippen LogP contribution in [0.2, 0.25) is 25.7 Å². The number of imidazole rings is 1. The highest BCUT2D eigenvalue weighted by atomic mass is 28.3. The quantitative estimate of drug-likeness (QED) is 0.126. The highest BCUT2D eigenvalue weighted by Gasteiger charge is 2.26. The summed E-state index contributed by atoms with van der Waals surface area (Å²) in [5, 5.41) is 4.07. The number of methoxy groups -OCH3 is 1. The van der Waals surface area contributed by atoms with Crippen LogP contribution in [0.3, 0.4) is 0 Å². The summed E-state index contributed by atoms with van der Waals surface area (Å²) in [6.45, 7) is 17.3. The average Bonchev–Trinajstić information content (AvgIpc) is 3.35. The van der Waals surface area contributed by atoms with Gasteiger partial charge >= 0.3 is 6.09 Å². The second kappa shape index (κ2) is 15.7. The van der Waals surface area contributed by atoms with Crippen LogP contribution in [0.15, 0.2) is 30.5 Å². The Morgan fingerprint density at radius 2 is 1.84 bits per heavy atom. The normalized spacial score (nSPS) is 12.8. The van der Waals surface area contributed by atoms with Crippen molar-refractivity contribution >= 4 is 30.9 Å². The third-order valence-corrected chi connectivity index (χ3v) is 9.08. The van der Waals surface area contributed by atoms with Gasteiger partial charge in [-0.2, -0.15) is 0 Å². The Labute approximate surface area is 264 Å². The molecule has 0 bridgehead atoms. The summed E-state index contributed by atoms with van der Waals surface area (Å²) in [4.78, 5) is 34.4. The maximum atomic E-state index is 13.0. The SMILES string of the molecule is CCC(=O)CCCCC[C@H](NC(=O)OC(C)(C)C)c1ncc(-c2cc3ccc(C)nc3cc2OC)n1COCC[Si](C)(C)C. The van der Waals surface area contributed by atoms with E-state index < -0.39 is 25.8 Å². The number of nitrogens with zero attached hydrogens (tertiary/aromatic N) is 3. The van der Waals surface area contributed by atoms with Crippen molar-refractivity contribution in [2.24, 2.45) is 0 Å². The van der Waals surface area contributed by atoms with Crippen LogP contribution in [-0.2, 0) is 21.0 Å². The zero-order valence-electron chi connectivity index (χ0n) is 28.2. The molecule has 0 radical (unpaired) electrons. The van der Waals surface area contributed by atoms with Crippen molar-refractivity contribution in [3.8, 4) is 17.0 Å². The Balaban J connectivity index is 2.02. The largest absolute Gasteiger partial charge is 0.496 e. The Hall–Kier alpha value is -3.24. The molecule has 3 aromatic rings. The van der Waals surface area contributed by atoms with Gasteiger partial charge in [-0.1, -0.05) is 45.5 Å². The number of benzene rings is 1. The Kier molecular flexibility index (Phi) is 12.5. The van der Waals surface area contributed by atoms with E-state index in [1.165, 1.54) is 0 Å². The summed E-state index contributed by atoms with van der Waals surface area (Å²) in [6, 6.07) is 8.69. The van der Waals surface area contributed by atoms with E-state index in [4.69, 9.17) is 19.2 Å². The summed E-state index contributed by atoms with van der Waals surface area (Å²) >= 11 is 0. The zero-order valence-corrected chi connectivity index (χ0v) is 29.2. The van der Waals surface area contributed by atoms with Crippen LogP contribution in [0.4, 0.5) is 4.79 Å². The van der Waals surface area contributed by atoms with Crippen LogP contribution in [-0.4, -0.2) is 53.8 Å². The van der Waals surface area contributed by atoms with Gasteiger partial charge in [-0.25, -0.2) is 9.78 Å². The number of hydrogen-bond donors (Lipinski definition) is 1. The number of amides is 1. The number of unbranched alkanes of at least 4 members (excludes halogenated alkanes) is 2. The minimum Gasteiger partial charge on any atom is -0.496 e. The van der Waals surface area contributed by atoms with Gasteiger partial charge in [0.25, 0.3) is 0 Å². The van der Waals surface area contributed by atoms with Crippen molar-refractivity contribution in [3.63, 3.8) is 0 Å². The van der Waals surface area contributed by atoms with Gasteiger partial charge < -0.3 is 24.1 Å². The van der Waals surface area contributed by atoms with Gasteiger partial charge in [-0.3, -0.25) is 9.78 Å². The zero-order chi connectivity index (χ0) is 32.5. The molecule has 3 rings (SSSR count). The number of carbonyl (C=O) groups is 2. The molecule has 0 saturated heterocycles. The molecular formula is C34H52N4O5Si. The molecule has 0 unspecified atom stereocenters. The number of aromatic nitrogens is 3. The van der Waals surface area contributed by atoms with E-state index in [9.17, 15) is 9.59 Å². The second-order valence-corrected chi connectivity index (χ2v) is 19.3. The lowest BCUT2D eigenvalue weighted by molar-refractivity contribution is -0.118. The van der Waals surface area contributed by atoms with Gasteiger partial charge in [0.1, 0.15) is 29.7 Å². The first-order chi connectivity index (χ1) is 20.7. The Bertz CT molecular complexity index is 1410. The summed E-state index contributed by atoms with van der Waals surface area (Å²) in [5.41, 5.74) is 2.85. The van der Waals surface area contributed by atoms with E-state index in [0.717, 1.165) is 53.2 Å². The van der Waals surface area contributed by atoms with E-state index in [0.29, 0.717) is 37.4 Å². The molecule has 0 aliphatic heterocycles. The summed E-state index contributed by atoms with van der Waals surface area (Å²) in [5.74, 6) is 1.65. The van der Waals surface area contributed by atoms with Crippen LogP contribution in [0.1, 0.15) is 83.8 Å². The van der Waals surface area contributed by atoms with E-state index >= 15 is 0 Å². The average molecular weight is 625 g/mol. The first kappa shape index (κ1) is 35.2. The molecule has 44 heavy (non-hydrogen) atoms. The molecule has 1 aromatic carbocycles. The van der Waals surface area contributed by atoms with Crippen molar-refractivity contribution in [1.82, 2.24) is 19.9 Å². The fourth-order valence-corrected chi connectivity index (χ4v) is 5.67. The molecule has 0 aliphatic carbocycles. The van der Waals surface area contributed by atoms with Crippen molar-refractivity contribution < 1.29 is 23.8 Å². The standard InChI is InChI=1S/C34H52N4O5Si/c1-10-26(39)14-12-11-13-15-28(37-33(40)43-34(3,4)5)32-35-22-30(38(32)23-42-18-19-44(7,8)9)27-20-25-17-16-24(2)36-29(25)21-31(27)41-6/h16-17,20-22,28H,10-15,18-19,23H2,1-9H3,(H,37,40)/t28-/m0/s1. The molecule has 0 saturated carbocycles. The van der Waals surface area contributed by atoms with E-state index in [1.807, 2.05) is 57.5 Å². The Morgan fingerprint density at radius 3 is 2.50 bits per heavy atom. The van der Waals surface area contributed by atoms with Gasteiger partial charge in [-0.15, -0.1) is 0 Å². The third-order valence-electron chi connectivity index (χ3n) is 7.37. The number of alkyl carbamates (subject to hydrolysis) is 1. The number of pyridine rings is 1. The van der Waals surface area contributed by atoms with Crippen molar-refractivity contribution in [2.45, 2.75) is 117 Å². The smallest absolute Gasteiger partial charge is 0.408 e. The van der Waals surface area contributed by atoms with Crippen LogP contribution in [0, 0.1) is 6.92 Å². The molecule has 242 valence electrons. The van der Waals surface area contributed by atoms with Crippen LogP contribution < -0.4 is 10.1 Å². The number of Topliss-reactive ketones (excluding diaryl/α,β-unsaturated/α-hetero) is 1. The lowest BCUT2D eigenvalue weighted by atomic mass is 10.0. The minimum atomic E-state index is -1.30. The van der Waals surface area contributed by atoms with Gasteiger partial charge in [0, 0.05) is 50.2 Å². The number of ketones is 1. The highest BCUT2D eigenvalue weighted by Crippen LogP contribution is 2.36. The third kappa shape index (κ3) is 10.7. The minimum absolute atomic E-state index is 0.277. The van der Waals surface area contributed by atoms with E-state index in [2.05, 4.69) is 42.1 Å². The molecule has 2 aromatic heterocycles. The molecule has 9 nitrogen and oxygen atoms in total. The first-order valence-electron chi connectivity index (χ1n) is 15.8. The molecule has 2 heterocycles. The molecule has 1 atom stereocenters. The van der Waals surface area contributed by atoms with E-state index in [-0.39, 0.29) is 12.5 Å². The molecule has 0 spiro atoms. The predicted molar refractivity (Wildman–Crippen MR) is 179 cm³/mol. The van der Waals surface area contributed by atoms with E-state index in [1.54, 1.807) is 7.11 Å². The number of fused-ring (bicyclic) bond motifs is 1. The second-order valence-electron chi connectivity index (χ2n) is 13.7. The number of rotatable bonds is 16. The number of hydrogen-bond acceptors (Lipinski definition) is 7. The van der Waals surface area contributed by atoms with Crippen LogP contribution in [0.5, 0.6) is 5.75 Å². The fourth-order valence-electron chi connectivity index (χ4n) is 4.92. The molecule has 0 fully saturated rings. The van der Waals surface area contributed by atoms with Crippen LogP contribution >= 0.6 is 0 Å². The highest BCUT2D eigenvalue weighted by molar-refractivity contribution is 6.76. The fraction of sp³-hybridized carbons (Fsp3) is 0.588.